The number of benzene rings is 2. The van der Waals surface area contributed by atoms with Gasteiger partial charge in [0.05, 0.1) is 31.8 Å². The maximum Gasteiger partial charge on any atom is 0.274 e. The van der Waals surface area contributed by atoms with E-state index in [1.54, 1.807) is 44.7 Å². The van der Waals surface area contributed by atoms with Gasteiger partial charge in [-0.25, -0.2) is 4.98 Å². The van der Waals surface area contributed by atoms with Gasteiger partial charge in [-0.15, -0.1) is 0 Å². The number of amides is 1. The van der Waals surface area contributed by atoms with Gasteiger partial charge in [-0.05, 0) is 36.2 Å². The third-order valence-electron chi connectivity index (χ3n) is 4.24. The maximum atomic E-state index is 12.5. The Morgan fingerprint density at radius 2 is 1.82 bits per heavy atom. The van der Waals surface area contributed by atoms with Gasteiger partial charge in [0, 0.05) is 12.6 Å². The molecular weight excluding hydrogens is 354 g/mol. The van der Waals surface area contributed by atoms with Crippen molar-refractivity contribution in [2.24, 2.45) is 0 Å². The average molecular weight is 377 g/mol. The van der Waals surface area contributed by atoms with E-state index in [1.807, 2.05) is 24.3 Å². The molecule has 0 aliphatic heterocycles. The molecule has 2 N–H and O–H groups in total. The van der Waals surface area contributed by atoms with Gasteiger partial charge < -0.3 is 20.1 Å². The van der Waals surface area contributed by atoms with E-state index in [2.05, 4.69) is 27.8 Å². The smallest absolute Gasteiger partial charge is 0.274 e. The van der Waals surface area contributed by atoms with Crippen molar-refractivity contribution in [1.29, 1.82) is 0 Å². The number of carbonyl (C=O) groups is 1. The number of rotatable bonds is 8. The van der Waals surface area contributed by atoms with Crippen LogP contribution in [0.1, 0.15) is 16.1 Å². The quantitative estimate of drug-likeness (QED) is 0.621. The van der Waals surface area contributed by atoms with E-state index < -0.39 is 0 Å². The van der Waals surface area contributed by atoms with E-state index in [9.17, 15) is 4.79 Å². The van der Waals surface area contributed by atoms with Crippen LogP contribution in [0.5, 0.6) is 11.5 Å². The third kappa shape index (κ3) is 5.01. The highest BCUT2D eigenvalue weighted by Crippen LogP contribution is 2.29. The van der Waals surface area contributed by atoms with Crippen LogP contribution in [0, 0.1) is 0 Å². The van der Waals surface area contributed by atoms with E-state index in [0.29, 0.717) is 22.9 Å². The Morgan fingerprint density at radius 3 is 2.50 bits per heavy atom. The summed E-state index contributed by atoms with van der Waals surface area (Å²) in [6.45, 7) is 0.790. The predicted molar refractivity (Wildman–Crippen MR) is 110 cm³/mol. The van der Waals surface area contributed by atoms with Gasteiger partial charge in [0.1, 0.15) is 17.2 Å². The highest BCUT2D eigenvalue weighted by atomic mass is 16.5. The number of nitrogens with zero attached hydrogens (tertiary/aromatic N) is 1. The second-order valence-corrected chi connectivity index (χ2v) is 6.11. The molecule has 0 aliphatic rings. The van der Waals surface area contributed by atoms with Gasteiger partial charge in [0.15, 0.2) is 0 Å². The number of aromatic nitrogens is 1. The van der Waals surface area contributed by atoms with E-state index in [1.165, 1.54) is 5.56 Å². The minimum absolute atomic E-state index is 0.317. The molecule has 0 saturated heterocycles. The molecule has 0 saturated carbocycles. The molecule has 1 amide bonds. The number of methoxy groups -OCH3 is 2. The summed E-state index contributed by atoms with van der Waals surface area (Å²) in [6, 6.07) is 19.0. The van der Waals surface area contributed by atoms with Crippen LogP contribution >= 0.6 is 0 Å². The second-order valence-electron chi connectivity index (χ2n) is 6.11. The molecule has 0 spiro atoms. The van der Waals surface area contributed by atoms with Gasteiger partial charge in [-0.3, -0.25) is 4.79 Å². The summed E-state index contributed by atoms with van der Waals surface area (Å²) in [7, 11) is 3.12. The zero-order valence-electron chi connectivity index (χ0n) is 15.9. The number of hydrogen-bond donors (Lipinski definition) is 2. The average Bonchev–Trinajstić information content (AvgIpc) is 2.75. The number of anilines is 2. The van der Waals surface area contributed by atoms with Crippen LogP contribution < -0.4 is 20.1 Å². The van der Waals surface area contributed by atoms with Crippen molar-refractivity contribution in [3.8, 4) is 11.5 Å². The normalized spacial score (nSPS) is 10.2. The molecule has 0 bridgehead atoms. The second kappa shape index (κ2) is 9.41. The van der Waals surface area contributed by atoms with E-state index >= 15 is 0 Å². The Bertz CT molecular complexity index is 912. The lowest BCUT2D eigenvalue weighted by molar-refractivity contribution is 0.102. The predicted octanol–water partition coefficient (Wildman–Crippen LogP) is 4.01. The van der Waals surface area contributed by atoms with Crippen LogP contribution in [0.4, 0.5) is 11.4 Å². The number of hydrogen-bond acceptors (Lipinski definition) is 5. The summed E-state index contributed by atoms with van der Waals surface area (Å²) in [5.41, 5.74) is 2.98. The van der Waals surface area contributed by atoms with Crippen LogP contribution in [-0.2, 0) is 6.42 Å². The molecule has 0 fully saturated rings. The maximum absolute atomic E-state index is 12.5. The number of ether oxygens (including phenoxy) is 2. The zero-order valence-corrected chi connectivity index (χ0v) is 15.9. The van der Waals surface area contributed by atoms with Crippen LogP contribution in [0.15, 0.2) is 66.9 Å². The molecule has 0 unspecified atom stereocenters. The molecule has 2 aromatic carbocycles. The van der Waals surface area contributed by atoms with Crippen molar-refractivity contribution >= 4 is 17.3 Å². The summed E-state index contributed by atoms with van der Waals surface area (Å²) in [5, 5.41) is 6.12. The summed E-state index contributed by atoms with van der Waals surface area (Å²) in [6.07, 6.45) is 2.57. The van der Waals surface area contributed by atoms with Crippen molar-refractivity contribution in [3.63, 3.8) is 0 Å². The molecule has 6 nitrogen and oxygen atoms in total. The minimum Gasteiger partial charge on any atom is -0.497 e. The fourth-order valence-corrected chi connectivity index (χ4v) is 2.73. The zero-order chi connectivity index (χ0) is 19.8. The Kier molecular flexibility index (Phi) is 6.46. The minimum atomic E-state index is -0.317. The van der Waals surface area contributed by atoms with Crippen molar-refractivity contribution in [3.05, 3.63) is 78.1 Å². The Labute approximate surface area is 164 Å². The standard InChI is InChI=1S/C22H23N3O3/c1-27-18-9-11-21(28-2)20(14-18)25-22(26)19-10-8-17(15-24-19)23-13-12-16-6-4-3-5-7-16/h3-11,14-15,23H,12-13H2,1-2H3,(H,25,26). The first-order chi connectivity index (χ1) is 13.7. The molecule has 1 heterocycles. The van der Waals surface area contributed by atoms with Gasteiger partial charge >= 0.3 is 0 Å². The van der Waals surface area contributed by atoms with Gasteiger partial charge in [0.25, 0.3) is 5.91 Å². The lowest BCUT2D eigenvalue weighted by Gasteiger charge is -2.12. The lowest BCUT2D eigenvalue weighted by Crippen LogP contribution is -2.14. The summed E-state index contributed by atoms with van der Waals surface area (Å²) in [4.78, 5) is 16.8. The van der Waals surface area contributed by atoms with Crippen LogP contribution in [0.25, 0.3) is 0 Å². The van der Waals surface area contributed by atoms with Gasteiger partial charge in [-0.2, -0.15) is 0 Å². The van der Waals surface area contributed by atoms with Crippen molar-refractivity contribution < 1.29 is 14.3 Å². The molecule has 3 aromatic rings. The van der Waals surface area contributed by atoms with Crippen LogP contribution in [0.3, 0.4) is 0 Å². The molecule has 144 valence electrons. The monoisotopic (exact) mass is 377 g/mol. The van der Waals surface area contributed by atoms with Crippen molar-refractivity contribution in [1.82, 2.24) is 4.98 Å². The first-order valence-corrected chi connectivity index (χ1v) is 8.97. The van der Waals surface area contributed by atoms with Crippen LogP contribution in [-0.4, -0.2) is 31.7 Å². The highest BCUT2D eigenvalue weighted by molar-refractivity contribution is 6.03. The number of pyridine rings is 1. The SMILES string of the molecule is COc1ccc(OC)c(NC(=O)c2ccc(NCCc3ccccc3)cn2)c1. The third-order valence-corrected chi connectivity index (χ3v) is 4.24. The molecule has 1 aromatic heterocycles. The first-order valence-electron chi connectivity index (χ1n) is 8.97. The fourth-order valence-electron chi connectivity index (χ4n) is 2.73. The van der Waals surface area contributed by atoms with E-state index in [0.717, 1.165) is 18.7 Å². The lowest BCUT2D eigenvalue weighted by atomic mass is 10.1. The van der Waals surface area contributed by atoms with Crippen molar-refractivity contribution in [2.45, 2.75) is 6.42 Å². The molecule has 6 heteroatoms. The first kappa shape index (κ1) is 19.2. The summed E-state index contributed by atoms with van der Waals surface area (Å²) in [5.74, 6) is 0.859. The molecular formula is C22H23N3O3. The summed E-state index contributed by atoms with van der Waals surface area (Å²) < 4.78 is 10.5. The molecule has 3 rings (SSSR count). The largest absolute Gasteiger partial charge is 0.497 e. The Hall–Kier alpha value is -3.54. The number of nitrogens with one attached hydrogen (secondary N) is 2. The summed E-state index contributed by atoms with van der Waals surface area (Å²) >= 11 is 0. The number of carbonyl (C=O) groups excluding carboxylic acids is 1. The Morgan fingerprint density at radius 1 is 1.00 bits per heavy atom. The fraction of sp³-hybridized carbons (Fsp3) is 0.182. The molecule has 28 heavy (non-hydrogen) atoms. The molecule has 0 radical (unpaired) electrons. The van der Waals surface area contributed by atoms with Crippen molar-refractivity contribution in [2.75, 3.05) is 31.4 Å². The molecule has 0 atom stereocenters. The van der Waals surface area contributed by atoms with E-state index in [4.69, 9.17) is 9.47 Å². The van der Waals surface area contributed by atoms with E-state index in [-0.39, 0.29) is 5.91 Å². The van der Waals surface area contributed by atoms with Crippen LogP contribution in [0.2, 0.25) is 0 Å². The topological polar surface area (TPSA) is 72.5 Å². The van der Waals surface area contributed by atoms with Gasteiger partial charge in [-0.1, -0.05) is 30.3 Å². The van der Waals surface area contributed by atoms with Gasteiger partial charge in [0.2, 0.25) is 0 Å². The highest BCUT2D eigenvalue weighted by Gasteiger charge is 2.12. The molecule has 0 aliphatic carbocycles. The Balaban J connectivity index is 1.59.